The van der Waals surface area contributed by atoms with Gasteiger partial charge in [-0.2, -0.15) is 0 Å². The Labute approximate surface area is 106 Å². The van der Waals surface area contributed by atoms with Crippen molar-refractivity contribution in [3.8, 4) is 0 Å². The van der Waals surface area contributed by atoms with E-state index in [1.807, 2.05) is 0 Å². The molecule has 0 aromatic carbocycles. The Bertz CT molecular complexity index is 391. The Morgan fingerprint density at radius 1 is 1.47 bits per heavy atom. The Kier molecular flexibility index (Phi) is 4.34. The van der Waals surface area contributed by atoms with Crippen LogP contribution in [0.5, 0.6) is 0 Å². The van der Waals surface area contributed by atoms with Gasteiger partial charge in [0.1, 0.15) is 10.8 Å². The van der Waals surface area contributed by atoms with Crippen LogP contribution in [0.25, 0.3) is 0 Å². The van der Waals surface area contributed by atoms with Gasteiger partial charge in [0.25, 0.3) is 5.91 Å². The van der Waals surface area contributed by atoms with E-state index in [-0.39, 0.29) is 5.91 Å². The lowest BCUT2D eigenvalue weighted by molar-refractivity contribution is 0.0939. The third-order valence-electron chi connectivity index (χ3n) is 2.96. The van der Waals surface area contributed by atoms with Gasteiger partial charge in [-0.05, 0) is 44.0 Å². The molecule has 0 spiro atoms. The molecule has 0 saturated carbocycles. The lowest BCUT2D eigenvalue weighted by atomic mass is 9.98. The van der Waals surface area contributed by atoms with Gasteiger partial charge in [0, 0.05) is 6.54 Å². The van der Waals surface area contributed by atoms with Crippen LogP contribution in [-0.4, -0.2) is 30.5 Å². The van der Waals surface area contributed by atoms with Crippen molar-refractivity contribution in [2.24, 2.45) is 5.92 Å². The van der Waals surface area contributed by atoms with Gasteiger partial charge >= 0.3 is 0 Å². The van der Waals surface area contributed by atoms with Crippen molar-refractivity contribution in [2.45, 2.75) is 12.8 Å². The third kappa shape index (κ3) is 3.68. The van der Waals surface area contributed by atoms with Gasteiger partial charge in [0.2, 0.25) is 0 Å². The van der Waals surface area contributed by atoms with Crippen LogP contribution in [0.15, 0.2) is 18.2 Å². The molecule has 1 amide bonds. The van der Waals surface area contributed by atoms with E-state index in [4.69, 9.17) is 11.6 Å². The minimum absolute atomic E-state index is 0.147. The second-order valence-electron chi connectivity index (χ2n) is 4.25. The first-order chi connectivity index (χ1) is 8.25. The van der Waals surface area contributed by atoms with E-state index in [2.05, 4.69) is 15.6 Å². The van der Waals surface area contributed by atoms with Crippen LogP contribution >= 0.6 is 11.6 Å². The largest absolute Gasteiger partial charge is 0.350 e. The molecule has 5 heteroatoms. The van der Waals surface area contributed by atoms with Crippen molar-refractivity contribution in [2.75, 3.05) is 19.6 Å². The first kappa shape index (κ1) is 12.3. The summed E-state index contributed by atoms with van der Waals surface area (Å²) in [7, 11) is 0. The molecule has 0 bridgehead atoms. The number of halogens is 1. The number of pyridine rings is 1. The summed E-state index contributed by atoms with van der Waals surface area (Å²) < 4.78 is 0. The summed E-state index contributed by atoms with van der Waals surface area (Å²) in [5, 5.41) is 6.55. The fourth-order valence-electron chi connectivity index (χ4n) is 1.95. The number of nitrogens with one attached hydrogen (secondary N) is 2. The monoisotopic (exact) mass is 253 g/mol. The van der Waals surface area contributed by atoms with E-state index >= 15 is 0 Å². The number of amides is 1. The third-order valence-corrected chi connectivity index (χ3v) is 3.17. The van der Waals surface area contributed by atoms with Crippen molar-refractivity contribution < 1.29 is 4.79 Å². The van der Waals surface area contributed by atoms with Gasteiger partial charge in [-0.3, -0.25) is 4.79 Å². The second kappa shape index (κ2) is 5.98. The molecule has 17 heavy (non-hydrogen) atoms. The van der Waals surface area contributed by atoms with Gasteiger partial charge < -0.3 is 10.6 Å². The number of carbonyl (C=O) groups is 1. The molecule has 1 aromatic heterocycles. The Hall–Kier alpha value is -1.13. The fraction of sp³-hybridized carbons (Fsp3) is 0.500. The minimum atomic E-state index is -0.147. The van der Waals surface area contributed by atoms with E-state index in [0.717, 1.165) is 25.9 Å². The highest BCUT2D eigenvalue weighted by Crippen LogP contribution is 2.10. The normalized spacial score (nSPS) is 16.8. The molecule has 4 nitrogen and oxygen atoms in total. The van der Waals surface area contributed by atoms with Crippen LogP contribution < -0.4 is 10.6 Å². The Balaban J connectivity index is 1.84. The molecule has 0 radical (unpaired) electrons. The van der Waals surface area contributed by atoms with Crippen LogP contribution in [0.2, 0.25) is 5.15 Å². The van der Waals surface area contributed by atoms with Crippen LogP contribution in [0.1, 0.15) is 23.3 Å². The lowest BCUT2D eigenvalue weighted by Gasteiger charge is -2.22. The van der Waals surface area contributed by atoms with Gasteiger partial charge in [-0.15, -0.1) is 0 Å². The number of hydrogen-bond acceptors (Lipinski definition) is 3. The molecule has 1 aliphatic heterocycles. The minimum Gasteiger partial charge on any atom is -0.350 e. The molecule has 1 aromatic rings. The van der Waals surface area contributed by atoms with E-state index in [1.165, 1.54) is 0 Å². The molecule has 1 fully saturated rings. The highest BCUT2D eigenvalue weighted by atomic mass is 35.5. The van der Waals surface area contributed by atoms with E-state index < -0.39 is 0 Å². The smallest absolute Gasteiger partial charge is 0.269 e. The summed E-state index contributed by atoms with van der Waals surface area (Å²) in [6.45, 7) is 2.79. The average Bonchev–Trinajstić information content (AvgIpc) is 2.37. The topological polar surface area (TPSA) is 54.0 Å². The van der Waals surface area contributed by atoms with E-state index in [1.54, 1.807) is 18.2 Å². The quantitative estimate of drug-likeness (QED) is 0.802. The fourth-order valence-corrected chi connectivity index (χ4v) is 2.11. The highest BCUT2D eigenvalue weighted by Gasteiger charge is 2.15. The van der Waals surface area contributed by atoms with Gasteiger partial charge in [0.15, 0.2) is 0 Å². The summed E-state index contributed by atoms with van der Waals surface area (Å²) in [5.74, 6) is 0.422. The first-order valence-electron chi connectivity index (χ1n) is 5.87. The second-order valence-corrected chi connectivity index (χ2v) is 4.64. The standard InChI is InChI=1S/C12H16ClN3O/c13-11-3-1-2-10(16-11)12(17)15-8-9-4-6-14-7-5-9/h1-3,9,14H,4-8H2,(H,15,17). The zero-order chi connectivity index (χ0) is 12.1. The summed E-state index contributed by atoms with van der Waals surface area (Å²) >= 11 is 5.74. The van der Waals surface area contributed by atoms with Crippen LogP contribution in [0.4, 0.5) is 0 Å². The summed E-state index contributed by atoms with van der Waals surface area (Å²) in [6.07, 6.45) is 2.23. The van der Waals surface area contributed by atoms with E-state index in [0.29, 0.717) is 23.3 Å². The SMILES string of the molecule is O=C(NCC1CCNCC1)c1cccc(Cl)n1. The molecule has 92 valence electrons. The average molecular weight is 254 g/mol. The number of rotatable bonds is 3. The zero-order valence-electron chi connectivity index (χ0n) is 9.58. The van der Waals surface area contributed by atoms with Crippen molar-refractivity contribution >= 4 is 17.5 Å². The zero-order valence-corrected chi connectivity index (χ0v) is 10.3. The predicted octanol–water partition coefficient (Wildman–Crippen LogP) is 1.46. The van der Waals surface area contributed by atoms with Gasteiger partial charge in [-0.1, -0.05) is 17.7 Å². The van der Waals surface area contributed by atoms with Crippen molar-refractivity contribution in [1.29, 1.82) is 0 Å². The molecule has 0 unspecified atom stereocenters. The highest BCUT2D eigenvalue weighted by molar-refractivity contribution is 6.29. The molecule has 2 rings (SSSR count). The maximum Gasteiger partial charge on any atom is 0.269 e. The number of carbonyl (C=O) groups excluding carboxylic acids is 1. The molecule has 0 aliphatic carbocycles. The summed E-state index contributed by atoms with van der Waals surface area (Å²) in [6, 6.07) is 5.06. The molecular formula is C12H16ClN3O. The van der Waals surface area contributed by atoms with Gasteiger partial charge in [0.05, 0.1) is 0 Å². The van der Waals surface area contributed by atoms with Gasteiger partial charge in [-0.25, -0.2) is 4.98 Å². The molecular weight excluding hydrogens is 238 g/mol. The Morgan fingerprint density at radius 3 is 2.94 bits per heavy atom. The maximum absolute atomic E-state index is 11.8. The number of hydrogen-bond donors (Lipinski definition) is 2. The lowest BCUT2D eigenvalue weighted by Crippen LogP contribution is -2.36. The van der Waals surface area contributed by atoms with Crippen molar-refractivity contribution in [3.63, 3.8) is 0 Å². The molecule has 0 atom stereocenters. The summed E-state index contributed by atoms with van der Waals surface area (Å²) in [5.41, 5.74) is 0.381. The van der Waals surface area contributed by atoms with Crippen molar-refractivity contribution in [3.05, 3.63) is 29.0 Å². The predicted molar refractivity (Wildman–Crippen MR) is 67.2 cm³/mol. The molecule has 2 N–H and O–H groups in total. The first-order valence-corrected chi connectivity index (χ1v) is 6.25. The van der Waals surface area contributed by atoms with Crippen LogP contribution in [0, 0.1) is 5.92 Å². The number of aromatic nitrogens is 1. The molecule has 1 aliphatic rings. The van der Waals surface area contributed by atoms with E-state index in [9.17, 15) is 4.79 Å². The van der Waals surface area contributed by atoms with Crippen LogP contribution in [-0.2, 0) is 0 Å². The molecule has 1 saturated heterocycles. The van der Waals surface area contributed by atoms with Crippen LogP contribution in [0.3, 0.4) is 0 Å². The maximum atomic E-state index is 11.8. The molecule has 2 heterocycles. The van der Waals surface area contributed by atoms with Crippen molar-refractivity contribution in [1.82, 2.24) is 15.6 Å². The number of piperidine rings is 1. The number of nitrogens with zero attached hydrogens (tertiary/aromatic N) is 1. The Morgan fingerprint density at radius 2 is 2.24 bits per heavy atom. The summed E-state index contributed by atoms with van der Waals surface area (Å²) in [4.78, 5) is 15.8.